The van der Waals surface area contributed by atoms with E-state index < -0.39 is 6.10 Å². The molecule has 0 radical (unpaired) electrons. The van der Waals surface area contributed by atoms with E-state index in [1.165, 1.54) is 6.07 Å². The number of nitrogens with zero attached hydrogens (tertiary/aromatic N) is 1. The first kappa shape index (κ1) is 16.6. The Bertz CT molecular complexity index is 605. The zero-order valence-electron chi connectivity index (χ0n) is 13.0. The summed E-state index contributed by atoms with van der Waals surface area (Å²) in [6, 6.07) is 11.0. The Morgan fingerprint density at radius 3 is 3.04 bits per heavy atom. The van der Waals surface area contributed by atoms with Gasteiger partial charge in [0.2, 0.25) is 0 Å². The van der Waals surface area contributed by atoms with Crippen LogP contribution in [-0.4, -0.2) is 35.8 Å². The molecule has 1 aromatic heterocycles. The lowest BCUT2D eigenvalue weighted by Crippen LogP contribution is -2.34. The van der Waals surface area contributed by atoms with Crippen molar-refractivity contribution in [3.8, 4) is 0 Å². The molecule has 1 aliphatic rings. The van der Waals surface area contributed by atoms with Crippen LogP contribution in [0, 0.1) is 5.82 Å². The van der Waals surface area contributed by atoms with Gasteiger partial charge in [0.05, 0.1) is 19.3 Å². The zero-order valence-corrected chi connectivity index (χ0v) is 13.8. The third-order valence-corrected chi connectivity index (χ3v) is 5.03. The molecule has 124 valence electrons. The average molecular weight is 335 g/mol. The van der Waals surface area contributed by atoms with E-state index >= 15 is 0 Å². The Morgan fingerprint density at radius 1 is 1.35 bits per heavy atom. The van der Waals surface area contributed by atoms with Crippen LogP contribution in [0.1, 0.15) is 29.3 Å². The molecule has 0 spiro atoms. The third kappa shape index (κ3) is 4.61. The number of halogens is 1. The van der Waals surface area contributed by atoms with Crippen molar-refractivity contribution in [1.82, 2.24) is 4.90 Å². The lowest BCUT2D eigenvalue weighted by atomic mass is 10.0. The third-order valence-electron chi connectivity index (χ3n) is 4.18. The molecule has 0 aliphatic carbocycles. The molecule has 2 atom stereocenters. The number of aliphatic hydroxyl groups excluding tert-OH is 1. The fourth-order valence-corrected chi connectivity index (χ4v) is 3.79. The van der Waals surface area contributed by atoms with Crippen LogP contribution in [0.5, 0.6) is 0 Å². The largest absolute Gasteiger partial charge is 0.389 e. The molecular weight excluding hydrogens is 313 g/mol. The molecule has 2 unspecified atom stereocenters. The first-order valence-corrected chi connectivity index (χ1v) is 8.88. The minimum absolute atomic E-state index is 0.192. The van der Waals surface area contributed by atoms with Crippen molar-refractivity contribution in [2.75, 3.05) is 19.7 Å². The number of hydrogen-bond donors (Lipinski definition) is 1. The summed E-state index contributed by atoms with van der Waals surface area (Å²) >= 11 is 1.65. The molecule has 1 aliphatic heterocycles. The molecular formula is C18H22FNO2S. The second kappa shape index (κ2) is 8.02. The van der Waals surface area contributed by atoms with Crippen LogP contribution < -0.4 is 0 Å². The minimum Gasteiger partial charge on any atom is -0.389 e. The van der Waals surface area contributed by atoms with E-state index in [2.05, 4.69) is 4.90 Å². The summed E-state index contributed by atoms with van der Waals surface area (Å²) in [5, 5.41) is 12.2. The van der Waals surface area contributed by atoms with Crippen molar-refractivity contribution in [3.05, 3.63) is 58.0 Å². The summed E-state index contributed by atoms with van der Waals surface area (Å²) in [7, 11) is 0. The van der Waals surface area contributed by atoms with E-state index in [1.807, 2.05) is 23.6 Å². The number of rotatable bonds is 7. The Hall–Kier alpha value is -1.27. The first-order chi connectivity index (χ1) is 11.2. The van der Waals surface area contributed by atoms with Gasteiger partial charge in [-0.15, -0.1) is 11.3 Å². The lowest BCUT2D eigenvalue weighted by Gasteiger charge is -2.27. The van der Waals surface area contributed by atoms with E-state index in [9.17, 15) is 9.50 Å². The maximum Gasteiger partial charge on any atom is 0.123 e. The van der Waals surface area contributed by atoms with Crippen molar-refractivity contribution >= 4 is 11.3 Å². The monoisotopic (exact) mass is 335 g/mol. The van der Waals surface area contributed by atoms with Gasteiger partial charge in [0.1, 0.15) is 5.82 Å². The highest BCUT2D eigenvalue weighted by atomic mass is 32.1. The van der Waals surface area contributed by atoms with Crippen molar-refractivity contribution in [2.45, 2.75) is 31.6 Å². The molecule has 0 saturated carbocycles. The molecule has 0 bridgehead atoms. The summed E-state index contributed by atoms with van der Waals surface area (Å²) in [6.07, 6.45) is 1.56. The fourth-order valence-electron chi connectivity index (χ4n) is 3.15. The predicted octanol–water partition coefficient (Wildman–Crippen LogP) is 3.60. The number of aliphatic hydroxyl groups is 1. The standard InChI is InChI=1S/C18H22FNO2S/c19-15-5-1-4-14(10-15)18-7-2-8-20(18)11-16(21)12-22-13-17-6-3-9-23-17/h1,3-6,9-10,16,18,21H,2,7-8,11-13H2. The Kier molecular flexibility index (Phi) is 5.78. The van der Waals surface area contributed by atoms with Gasteiger partial charge in [-0.3, -0.25) is 4.90 Å². The van der Waals surface area contributed by atoms with E-state index in [4.69, 9.17) is 4.74 Å². The summed E-state index contributed by atoms with van der Waals surface area (Å²) in [5.41, 5.74) is 0.995. The summed E-state index contributed by atoms with van der Waals surface area (Å²) in [4.78, 5) is 3.39. The lowest BCUT2D eigenvalue weighted by molar-refractivity contribution is 0.00847. The Morgan fingerprint density at radius 2 is 2.26 bits per heavy atom. The molecule has 2 heterocycles. The minimum atomic E-state index is -0.524. The van der Waals surface area contributed by atoms with E-state index in [-0.39, 0.29) is 11.9 Å². The average Bonchev–Trinajstić information content (AvgIpc) is 3.19. The number of benzene rings is 1. The van der Waals surface area contributed by atoms with Crippen LogP contribution in [0.3, 0.4) is 0 Å². The van der Waals surface area contributed by atoms with Crippen LogP contribution in [0.25, 0.3) is 0 Å². The van der Waals surface area contributed by atoms with Gasteiger partial charge in [-0.05, 0) is 48.5 Å². The molecule has 3 nitrogen and oxygen atoms in total. The molecule has 1 N–H and O–H groups in total. The SMILES string of the molecule is OC(COCc1cccs1)CN1CCCC1c1cccc(F)c1. The van der Waals surface area contributed by atoms with Crippen LogP contribution in [0.15, 0.2) is 41.8 Å². The van der Waals surface area contributed by atoms with E-state index in [0.717, 1.165) is 29.8 Å². The Labute approximate surface area is 140 Å². The topological polar surface area (TPSA) is 32.7 Å². The second-order valence-electron chi connectivity index (χ2n) is 5.96. The Balaban J connectivity index is 1.49. The van der Waals surface area contributed by atoms with Crippen LogP contribution in [0.2, 0.25) is 0 Å². The number of thiophene rings is 1. The highest BCUT2D eigenvalue weighted by molar-refractivity contribution is 7.09. The maximum absolute atomic E-state index is 13.4. The van der Waals surface area contributed by atoms with E-state index in [0.29, 0.717) is 19.8 Å². The zero-order chi connectivity index (χ0) is 16.1. The molecule has 5 heteroatoms. The van der Waals surface area contributed by atoms with Crippen LogP contribution >= 0.6 is 11.3 Å². The van der Waals surface area contributed by atoms with E-state index in [1.54, 1.807) is 23.5 Å². The molecule has 1 saturated heterocycles. The second-order valence-corrected chi connectivity index (χ2v) is 6.99. The van der Waals surface area contributed by atoms with Gasteiger partial charge >= 0.3 is 0 Å². The summed E-state index contributed by atoms with van der Waals surface area (Å²) < 4.78 is 19.0. The quantitative estimate of drug-likeness (QED) is 0.839. The van der Waals surface area contributed by atoms with Crippen molar-refractivity contribution < 1.29 is 14.2 Å². The van der Waals surface area contributed by atoms with Crippen molar-refractivity contribution in [3.63, 3.8) is 0 Å². The normalized spacial score (nSPS) is 20.0. The maximum atomic E-state index is 13.4. The molecule has 1 fully saturated rings. The number of likely N-dealkylation sites (tertiary alicyclic amines) is 1. The van der Waals surface area contributed by atoms with Crippen LogP contribution in [-0.2, 0) is 11.3 Å². The van der Waals surface area contributed by atoms with Crippen LogP contribution in [0.4, 0.5) is 4.39 Å². The highest BCUT2D eigenvalue weighted by Gasteiger charge is 2.27. The van der Waals surface area contributed by atoms with Crippen molar-refractivity contribution in [2.24, 2.45) is 0 Å². The number of ether oxygens (including phenoxy) is 1. The molecule has 1 aromatic carbocycles. The van der Waals surface area contributed by atoms with Gasteiger partial charge in [0.15, 0.2) is 0 Å². The molecule has 2 aromatic rings. The van der Waals surface area contributed by atoms with Gasteiger partial charge in [0, 0.05) is 17.5 Å². The number of β-amino-alcohol motifs (C(OH)–C–C–N with tert-alkyl or cyclic N) is 1. The van der Waals surface area contributed by atoms with Gasteiger partial charge in [-0.25, -0.2) is 4.39 Å². The number of hydrogen-bond acceptors (Lipinski definition) is 4. The summed E-state index contributed by atoms with van der Waals surface area (Å²) in [5.74, 6) is -0.200. The van der Waals surface area contributed by atoms with Gasteiger partial charge in [-0.1, -0.05) is 18.2 Å². The van der Waals surface area contributed by atoms with Gasteiger partial charge in [0.25, 0.3) is 0 Å². The highest BCUT2D eigenvalue weighted by Crippen LogP contribution is 2.32. The fraction of sp³-hybridized carbons (Fsp3) is 0.444. The molecule has 23 heavy (non-hydrogen) atoms. The molecule has 0 amide bonds. The first-order valence-electron chi connectivity index (χ1n) is 8.00. The predicted molar refractivity (Wildman–Crippen MR) is 89.9 cm³/mol. The smallest absolute Gasteiger partial charge is 0.123 e. The summed E-state index contributed by atoms with van der Waals surface area (Å²) in [6.45, 7) is 2.36. The van der Waals surface area contributed by atoms with Gasteiger partial charge < -0.3 is 9.84 Å². The molecule has 3 rings (SSSR count). The van der Waals surface area contributed by atoms with Crippen molar-refractivity contribution in [1.29, 1.82) is 0 Å². The van der Waals surface area contributed by atoms with Gasteiger partial charge in [-0.2, -0.15) is 0 Å².